The minimum atomic E-state index is -4.12. The molecule has 0 saturated carbocycles. The van der Waals surface area contributed by atoms with Gasteiger partial charge in [0.05, 0.1) is 10.6 Å². The van der Waals surface area contributed by atoms with Gasteiger partial charge in [-0.2, -0.15) is 0 Å². The third-order valence-corrected chi connectivity index (χ3v) is 7.70. The summed E-state index contributed by atoms with van der Waals surface area (Å²) in [5.74, 6) is -1.41. The molecular formula is C27H30FN3O4S. The molecule has 1 N–H and O–H groups in total. The molecular weight excluding hydrogens is 481 g/mol. The Morgan fingerprint density at radius 1 is 0.972 bits per heavy atom. The molecule has 0 radical (unpaired) electrons. The number of amides is 2. The molecule has 0 aliphatic heterocycles. The predicted molar refractivity (Wildman–Crippen MR) is 137 cm³/mol. The van der Waals surface area contributed by atoms with Gasteiger partial charge < -0.3 is 10.2 Å². The number of anilines is 1. The molecule has 0 aromatic heterocycles. The lowest BCUT2D eigenvalue weighted by atomic mass is 10.1. The first-order chi connectivity index (χ1) is 17.0. The summed E-state index contributed by atoms with van der Waals surface area (Å²) in [7, 11) is -2.66. The van der Waals surface area contributed by atoms with E-state index in [2.05, 4.69) is 5.32 Å². The molecule has 7 nitrogen and oxygen atoms in total. The van der Waals surface area contributed by atoms with E-state index in [4.69, 9.17) is 0 Å². The maximum absolute atomic E-state index is 13.7. The van der Waals surface area contributed by atoms with E-state index in [1.54, 1.807) is 44.2 Å². The number of rotatable bonds is 9. The van der Waals surface area contributed by atoms with Crippen molar-refractivity contribution in [2.45, 2.75) is 38.3 Å². The Morgan fingerprint density at radius 2 is 1.61 bits per heavy atom. The van der Waals surface area contributed by atoms with Gasteiger partial charge in [-0.25, -0.2) is 12.8 Å². The Bertz CT molecular complexity index is 1330. The molecule has 1 atom stereocenters. The number of halogens is 1. The van der Waals surface area contributed by atoms with Gasteiger partial charge in [-0.3, -0.25) is 13.9 Å². The maximum Gasteiger partial charge on any atom is 0.264 e. The van der Waals surface area contributed by atoms with E-state index in [1.165, 1.54) is 48.3 Å². The van der Waals surface area contributed by atoms with Crippen molar-refractivity contribution in [1.82, 2.24) is 10.2 Å². The molecule has 3 aromatic carbocycles. The standard InChI is InChI=1S/C27H30FN3O4S/c1-19-10-11-20(2)25(16-19)31(36(34,35)24-8-6-5-7-9-24)18-26(32)30(21(3)27(33)29-4)17-22-12-14-23(28)15-13-22/h5-16,21H,17-18H2,1-4H3,(H,29,33)/t21-/m1/s1. The number of hydrogen-bond acceptors (Lipinski definition) is 4. The molecule has 0 fully saturated rings. The Balaban J connectivity index is 2.06. The SMILES string of the molecule is CNC(=O)[C@@H](C)N(Cc1ccc(F)cc1)C(=O)CN(c1cc(C)ccc1C)S(=O)(=O)c1ccccc1. The van der Waals surface area contributed by atoms with Crippen LogP contribution in [0.4, 0.5) is 10.1 Å². The van der Waals surface area contributed by atoms with E-state index in [0.29, 0.717) is 16.8 Å². The van der Waals surface area contributed by atoms with Crippen molar-refractivity contribution in [2.75, 3.05) is 17.9 Å². The number of sulfonamides is 1. The highest BCUT2D eigenvalue weighted by molar-refractivity contribution is 7.92. The zero-order valence-corrected chi connectivity index (χ0v) is 21.5. The van der Waals surface area contributed by atoms with Gasteiger partial charge in [0.25, 0.3) is 10.0 Å². The van der Waals surface area contributed by atoms with Gasteiger partial charge in [-0.1, -0.05) is 42.5 Å². The molecule has 3 rings (SSSR count). The molecule has 0 unspecified atom stereocenters. The number of nitrogens with one attached hydrogen (secondary N) is 1. The fourth-order valence-electron chi connectivity index (χ4n) is 3.80. The topological polar surface area (TPSA) is 86.8 Å². The summed E-state index contributed by atoms with van der Waals surface area (Å²) < 4.78 is 42.0. The summed E-state index contributed by atoms with van der Waals surface area (Å²) >= 11 is 0. The first-order valence-electron chi connectivity index (χ1n) is 11.4. The highest BCUT2D eigenvalue weighted by Crippen LogP contribution is 2.28. The minimum absolute atomic E-state index is 0.000274. The average molecular weight is 512 g/mol. The normalized spacial score (nSPS) is 12.0. The number of likely N-dealkylation sites (N-methyl/N-ethyl adjacent to an activating group) is 1. The third kappa shape index (κ3) is 6.09. The number of benzene rings is 3. The summed E-state index contributed by atoms with van der Waals surface area (Å²) in [5, 5.41) is 2.53. The van der Waals surface area contributed by atoms with Crippen LogP contribution >= 0.6 is 0 Å². The highest BCUT2D eigenvalue weighted by Gasteiger charge is 2.32. The van der Waals surface area contributed by atoms with Crippen molar-refractivity contribution < 1.29 is 22.4 Å². The van der Waals surface area contributed by atoms with Crippen molar-refractivity contribution in [3.63, 3.8) is 0 Å². The van der Waals surface area contributed by atoms with Crippen LogP contribution < -0.4 is 9.62 Å². The summed E-state index contributed by atoms with van der Waals surface area (Å²) in [5.41, 5.74) is 2.49. The average Bonchev–Trinajstić information content (AvgIpc) is 2.87. The monoisotopic (exact) mass is 511 g/mol. The van der Waals surface area contributed by atoms with Crippen molar-refractivity contribution in [3.8, 4) is 0 Å². The number of carbonyl (C=O) groups is 2. The van der Waals surface area contributed by atoms with Crippen molar-refractivity contribution >= 4 is 27.5 Å². The first-order valence-corrected chi connectivity index (χ1v) is 12.9. The van der Waals surface area contributed by atoms with E-state index in [9.17, 15) is 22.4 Å². The van der Waals surface area contributed by atoms with Crippen LogP contribution in [-0.2, 0) is 26.2 Å². The number of nitrogens with zero attached hydrogens (tertiary/aromatic N) is 2. The molecule has 0 saturated heterocycles. The maximum atomic E-state index is 13.7. The van der Waals surface area contributed by atoms with E-state index in [0.717, 1.165) is 9.87 Å². The Labute approximate surface area is 211 Å². The zero-order chi connectivity index (χ0) is 26.5. The molecule has 9 heteroatoms. The summed E-state index contributed by atoms with van der Waals surface area (Å²) in [6.07, 6.45) is 0. The van der Waals surface area contributed by atoms with Crippen LogP contribution in [0, 0.1) is 19.7 Å². The van der Waals surface area contributed by atoms with Crippen LogP contribution in [0.1, 0.15) is 23.6 Å². The lowest BCUT2D eigenvalue weighted by molar-refractivity contribution is -0.139. The van der Waals surface area contributed by atoms with Gasteiger partial charge in [-0.05, 0) is 67.8 Å². The van der Waals surface area contributed by atoms with E-state index in [-0.39, 0.29) is 11.4 Å². The van der Waals surface area contributed by atoms with Crippen molar-refractivity contribution in [2.24, 2.45) is 0 Å². The molecule has 0 aliphatic carbocycles. The van der Waals surface area contributed by atoms with Crippen LogP contribution in [-0.4, -0.2) is 44.8 Å². The van der Waals surface area contributed by atoms with Crippen LogP contribution in [0.5, 0.6) is 0 Å². The molecule has 0 bridgehead atoms. The quantitative estimate of drug-likeness (QED) is 0.474. The molecule has 3 aromatic rings. The molecule has 0 aliphatic rings. The van der Waals surface area contributed by atoms with E-state index < -0.39 is 40.2 Å². The number of aryl methyl sites for hydroxylation is 2. The fraction of sp³-hybridized carbons (Fsp3) is 0.259. The Kier molecular flexibility index (Phi) is 8.47. The Morgan fingerprint density at radius 3 is 2.22 bits per heavy atom. The fourth-order valence-corrected chi connectivity index (χ4v) is 5.29. The van der Waals surface area contributed by atoms with Gasteiger partial charge in [0, 0.05) is 13.6 Å². The second kappa shape index (κ2) is 11.3. The smallest absolute Gasteiger partial charge is 0.264 e. The number of hydrogen-bond donors (Lipinski definition) is 1. The first kappa shape index (κ1) is 26.9. The van der Waals surface area contributed by atoms with Crippen LogP contribution in [0.2, 0.25) is 0 Å². The molecule has 0 spiro atoms. The Hall–Kier alpha value is -3.72. The lowest BCUT2D eigenvalue weighted by Gasteiger charge is -2.32. The highest BCUT2D eigenvalue weighted by atomic mass is 32.2. The van der Waals surface area contributed by atoms with Crippen LogP contribution in [0.3, 0.4) is 0 Å². The van der Waals surface area contributed by atoms with Crippen LogP contribution in [0.15, 0.2) is 77.7 Å². The van der Waals surface area contributed by atoms with Gasteiger partial charge >= 0.3 is 0 Å². The summed E-state index contributed by atoms with van der Waals surface area (Å²) in [4.78, 5) is 27.5. The van der Waals surface area contributed by atoms with Gasteiger partial charge in [0.15, 0.2) is 0 Å². The van der Waals surface area contributed by atoms with Gasteiger partial charge in [0.2, 0.25) is 11.8 Å². The summed E-state index contributed by atoms with van der Waals surface area (Å²) in [6.45, 7) is 4.65. The zero-order valence-electron chi connectivity index (χ0n) is 20.7. The molecule has 190 valence electrons. The molecule has 0 heterocycles. The lowest BCUT2D eigenvalue weighted by Crippen LogP contribution is -2.50. The third-order valence-electron chi connectivity index (χ3n) is 5.92. The van der Waals surface area contributed by atoms with Crippen molar-refractivity contribution in [1.29, 1.82) is 0 Å². The van der Waals surface area contributed by atoms with Crippen molar-refractivity contribution in [3.05, 3.63) is 95.3 Å². The van der Waals surface area contributed by atoms with Crippen LogP contribution in [0.25, 0.3) is 0 Å². The number of carbonyl (C=O) groups excluding carboxylic acids is 2. The minimum Gasteiger partial charge on any atom is -0.357 e. The second-order valence-corrected chi connectivity index (χ2v) is 10.4. The predicted octanol–water partition coefficient (Wildman–Crippen LogP) is 3.80. The van der Waals surface area contributed by atoms with E-state index in [1.807, 2.05) is 13.0 Å². The van der Waals surface area contributed by atoms with Gasteiger partial charge in [0.1, 0.15) is 18.4 Å². The second-order valence-electron chi connectivity index (χ2n) is 8.55. The largest absolute Gasteiger partial charge is 0.357 e. The summed E-state index contributed by atoms with van der Waals surface area (Å²) in [6, 6.07) is 18.0. The van der Waals surface area contributed by atoms with E-state index >= 15 is 0 Å². The molecule has 2 amide bonds. The van der Waals surface area contributed by atoms with Gasteiger partial charge in [-0.15, -0.1) is 0 Å². The molecule has 36 heavy (non-hydrogen) atoms.